The van der Waals surface area contributed by atoms with Crippen molar-refractivity contribution in [2.45, 2.75) is 57.3 Å². The predicted molar refractivity (Wildman–Crippen MR) is 105 cm³/mol. The van der Waals surface area contributed by atoms with Crippen molar-refractivity contribution < 1.29 is 29.0 Å². The van der Waals surface area contributed by atoms with Crippen molar-refractivity contribution in [3.05, 3.63) is 29.8 Å². The monoisotopic (exact) mass is 404 g/mol. The number of piperidine rings is 1. The van der Waals surface area contributed by atoms with Crippen LogP contribution in [0.4, 0.5) is 10.5 Å². The number of rotatable bonds is 3. The van der Waals surface area contributed by atoms with Crippen molar-refractivity contribution >= 4 is 23.7 Å². The minimum Gasteiger partial charge on any atom is -0.469 e. The van der Waals surface area contributed by atoms with Gasteiger partial charge in [0.2, 0.25) is 0 Å². The van der Waals surface area contributed by atoms with Gasteiger partial charge in [-0.05, 0) is 46.1 Å². The van der Waals surface area contributed by atoms with Crippen LogP contribution in [-0.2, 0) is 24.7 Å². The maximum absolute atomic E-state index is 13.4. The lowest BCUT2D eigenvalue weighted by atomic mass is 9.73. The summed E-state index contributed by atoms with van der Waals surface area (Å²) in [4.78, 5) is 39.8. The Balaban J connectivity index is 2.03. The van der Waals surface area contributed by atoms with E-state index in [1.807, 2.05) is 0 Å². The molecule has 2 heterocycles. The normalized spacial score (nSPS) is 26.7. The van der Waals surface area contributed by atoms with Crippen molar-refractivity contribution in [1.29, 1.82) is 0 Å². The third-order valence-electron chi connectivity index (χ3n) is 5.44. The van der Waals surface area contributed by atoms with Gasteiger partial charge in [-0.3, -0.25) is 14.9 Å². The second kappa shape index (κ2) is 7.67. The molecule has 3 rings (SSSR count). The van der Waals surface area contributed by atoms with Crippen molar-refractivity contribution in [2.75, 3.05) is 19.0 Å². The van der Waals surface area contributed by atoms with E-state index >= 15 is 0 Å². The number of fused-ring (bicyclic) bond motifs is 1. The van der Waals surface area contributed by atoms with Crippen LogP contribution in [0.2, 0.25) is 0 Å². The summed E-state index contributed by atoms with van der Waals surface area (Å²) in [5, 5.41) is 14.3. The number of amides is 2. The molecule has 0 bridgehead atoms. The minimum atomic E-state index is -2.14. The fourth-order valence-electron chi connectivity index (χ4n) is 4.21. The number of carbonyl (C=O) groups is 3. The van der Waals surface area contributed by atoms with E-state index in [0.717, 1.165) is 12.8 Å². The highest BCUT2D eigenvalue weighted by atomic mass is 16.6. The number of hydrogen-bond donors (Lipinski definition) is 2. The standard InChI is InChI=1S/C21H28N2O6/c1-20(2,3)29-19(26)22-16-10-6-5-9-14(16)21(27)15(17(24)28-4)12-13-8-7-11-23(13)18(21)25/h5-6,9-10,13,15,27H,7-8,11-12H2,1-4H3,(H,22,26)/t13-,15?,21?/m0/s1. The van der Waals surface area contributed by atoms with E-state index in [0.29, 0.717) is 13.0 Å². The molecule has 0 spiro atoms. The molecule has 8 nitrogen and oxygen atoms in total. The molecule has 3 atom stereocenters. The molecule has 0 aliphatic carbocycles. The number of anilines is 1. The topological polar surface area (TPSA) is 105 Å². The summed E-state index contributed by atoms with van der Waals surface area (Å²) >= 11 is 0. The number of aliphatic hydroxyl groups is 1. The second-order valence-corrected chi connectivity index (χ2v) is 8.54. The quantitative estimate of drug-likeness (QED) is 0.750. The summed E-state index contributed by atoms with van der Waals surface area (Å²) in [5.74, 6) is -2.26. The summed E-state index contributed by atoms with van der Waals surface area (Å²) < 4.78 is 10.2. The number of methoxy groups -OCH3 is 1. The minimum absolute atomic E-state index is 0.0992. The Hall–Kier alpha value is -2.61. The zero-order valence-electron chi connectivity index (χ0n) is 17.2. The van der Waals surface area contributed by atoms with Crippen LogP contribution in [-0.4, -0.2) is 53.3 Å². The van der Waals surface area contributed by atoms with Gasteiger partial charge in [0.05, 0.1) is 12.8 Å². The van der Waals surface area contributed by atoms with Gasteiger partial charge < -0.3 is 19.5 Å². The highest BCUT2D eigenvalue weighted by Crippen LogP contribution is 2.45. The number of para-hydroxylation sites is 1. The van der Waals surface area contributed by atoms with Gasteiger partial charge >= 0.3 is 12.1 Å². The van der Waals surface area contributed by atoms with Crippen LogP contribution in [0.5, 0.6) is 0 Å². The Labute approximate surface area is 170 Å². The first-order valence-electron chi connectivity index (χ1n) is 9.78. The lowest BCUT2D eigenvalue weighted by Gasteiger charge is -2.45. The summed E-state index contributed by atoms with van der Waals surface area (Å²) in [6.45, 7) is 5.73. The van der Waals surface area contributed by atoms with Crippen molar-refractivity contribution in [3.8, 4) is 0 Å². The number of hydrogen-bond acceptors (Lipinski definition) is 6. The van der Waals surface area contributed by atoms with E-state index in [-0.39, 0.29) is 17.3 Å². The maximum atomic E-state index is 13.4. The number of benzene rings is 1. The molecule has 2 N–H and O–H groups in total. The fraction of sp³-hybridized carbons (Fsp3) is 0.571. The number of carbonyl (C=O) groups excluding carboxylic acids is 3. The van der Waals surface area contributed by atoms with Crippen LogP contribution in [0.3, 0.4) is 0 Å². The number of ether oxygens (including phenoxy) is 2. The molecule has 0 radical (unpaired) electrons. The zero-order valence-corrected chi connectivity index (χ0v) is 17.2. The molecule has 2 unspecified atom stereocenters. The van der Waals surface area contributed by atoms with E-state index in [1.54, 1.807) is 43.9 Å². The molecule has 29 heavy (non-hydrogen) atoms. The van der Waals surface area contributed by atoms with Crippen molar-refractivity contribution in [1.82, 2.24) is 4.90 Å². The van der Waals surface area contributed by atoms with Gasteiger partial charge in [0, 0.05) is 18.2 Å². The summed E-state index contributed by atoms with van der Waals surface area (Å²) in [6.07, 6.45) is 1.19. The molecule has 1 aromatic carbocycles. The van der Waals surface area contributed by atoms with Crippen LogP contribution in [0.1, 0.15) is 45.6 Å². The third-order valence-corrected chi connectivity index (χ3v) is 5.44. The van der Waals surface area contributed by atoms with Crippen LogP contribution in [0, 0.1) is 5.92 Å². The van der Waals surface area contributed by atoms with Gasteiger partial charge in [-0.2, -0.15) is 0 Å². The molecule has 158 valence electrons. The summed E-state index contributed by atoms with van der Waals surface area (Å²) in [5.41, 5.74) is -2.49. The Morgan fingerprint density at radius 3 is 2.62 bits per heavy atom. The lowest BCUT2D eigenvalue weighted by Crippen LogP contribution is -2.60. The third kappa shape index (κ3) is 3.94. The van der Waals surface area contributed by atoms with Crippen LogP contribution >= 0.6 is 0 Å². The average Bonchev–Trinajstić information content (AvgIpc) is 3.11. The fourth-order valence-corrected chi connectivity index (χ4v) is 4.21. The second-order valence-electron chi connectivity index (χ2n) is 8.54. The van der Waals surface area contributed by atoms with Crippen LogP contribution in [0.15, 0.2) is 24.3 Å². The van der Waals surface area contributed by atoms with E-state index in [9.17, 15) is 19.5 Å². The molecule has 8 heteroatoms. The van der Waals surface area contributed by atoms with Gasteiger partial charge in [0.1, 0.15) is 11.5 Å². The summed E-state index contributed by atoms with van der Waals surface area (Å²) in [7, 11) is 1.24. The average molecular weight is 404 g/mol. The Morgan fingerprint density at radius 1 is 1.28 bits per heavy atom. The first kappa shape index (κ1) is 21.1. The first-order chi connectivity index (χ1) is 13.6. The van der Waals surface area contributed by atoms with Crippen LogP contribution in [0.25, 0.3) is 0 Å². The lowest BCUT2D eigenvalue weighted by molar-refractivity contribution is -0.182. The molecule has 2 fully saturated rings. The largest absolute Gasteiger partial charge is 0.469 e. The Morgan fingerprint density at radius 2 is 1.97 bits per heavy atom. The number of esters is 1. The van der Waals surface area contributed by atoms with Gasteiger partial charge in [-0.15, -0.1) is 0 Å². The Bertz CT molecular complexity index is 818. The first-order valence-corrected chi connectivity index (χ1v) is 9.78. The van der Waals surface area contributed by atoms with Crippen LogP contribution < -0.4 is 5.32 Å². The highest BCUT2D eigenvalue weighted by molar-refractivity contribution is 5.96. The SMILES string of the molecule is COC(=O)C1C[C@@H]2CCCN2C(=O)C1(O)c1ccccc1NC(=O)OC(C)(C)C. The van der Waals surface area contributed by atoms with Gasteiger partial charge in [0.15, 0.2) is 5.60 Å². The smallest absolute Gasteiger partial charge is 0.412 e. The molecule has 2 aliphatic heterocycles. The van der Waals surface area contributed by atoms with Gasteiger partial charge in [-0.1, -0.05) is 18.2 Å². The molecular weight excluding hydrogens is 376 g/mol. The highest BCUT2D eigenvalue weighted by Gasteiger charge is 2.58. The molecule has 1 aromatic rings. The number of nitrogens with zero attached hydrogens (tertiary/aromatic N) is 1. The molecule has 2 amide bonds. The molecule has 0 saturated carbocycles. The molecule has 2 saturated heterocycles. The molecular formula is C21H28N2O6. The van der Waals surface area contributed by atoms with Gasteiger partial charge in [0.25, 0.3) is 5.91 Å². The predicted octanol–water partition coefficient (Wildman–Crippen LogP) is 2.41. The summed E-state index contributed by atoms with van der Waals surface area (Å²) in [6, 6.07) is 6.31. The number of nitrogens with one attached hydrogen (secondary N) is 1. The molecule has 2 aliphatic rings. The van der Waals surface area contributed by atoms with E-state index in [2.05, 4.69) is 5.32 Å². The maximum Gasteiger partial charge on any atom is 0.412 e. The zero-order chi connectivity index (χ0) is 21.4. The van der Waals surface area contributed by atoms with Gasteiger partial charge in [-0.25, -0.2) is 4.79 Å². The van der Waals surface area contributed by atoms with E-state index in [1.165, 1.54) is 13.2 Å². The Kier molecular flexibility index (Phi) is 5.58. The molecule has 0 aromatic heterocycles. The van der Waals surface area contributed by atoms with Crippen molar-refractivity contribution in [2.24, 2.45) is 5.92 Å². The van der Waals surface area contributed by atoms with Crippen molar-refractivity contribution in [3.63, 3.8) is 0 Å². The van der Waals surface area contributed by atoms with E-state index in [4.69, 9.17) is 9.47 Å². The van der Waals surface area contributed by atoms with E-state index < -0.39 is 35.1 Å².